The number of ether oxygens (including phenoxy) is 2. The van der Waals surface area contributed by atoms with Gasteiger partial charge in [0.2, 0.25) is 0 Å². The second-order valence-corrected chi connectivity index (χ2v) is 5.68. The van der Waals surface area contributed by atoms with Crippen LogP contribution in [0.3, 0.4) is 0 Å². The van der Waals surface area contributed by atoms with Crippen molar-refractivity contribution in [2.24, 2.45) is 0 Å². The minimum absolute atomic E-state index is 0.0747. The Morgan fingerprint density at radius 3 is 1.71 bits per heavy atom. The molecule has 1 unspecified atom stereocenters. The summed E-state index contributed by atoms with van der Waals surface area (Å²) >= 11 is 0. The Labute approximate surface area is 89.0 Å². The first-order chi connectivity index (χ1) is 6.14. The molecule has 0 saturated heterocycles. The molecule has 0 saturated carbocycles. The highest BCUT2D eigenvalue weighted by molar-refractivity contribution is 4.67. The Morgan fingerprint density at radius 1 is 0.929 bits per heavy atom. The molecule has 0 aromatic rings. The van der Waals surface area contributed by atoms with E-state index in [0.717, 1.165) is 6.42 Å². The van der Waals surface area contributed by atoms with Gasteiger partial charge < -0.3 is 9.47 Å². The first kappa shape index (κ1) is 13.9. The molecule has 0 rings (SSSR count). The molecule has 0 bridgehead atoms. The predicted octanol–water partition coefficient (Wildman–Crippen LogP) is 3.40. The van der Waals surface area contributed by atoms with Crippen LogP contribution >= 0.6 is 0 Å². The molecule has 0 amide bonds. The molecular formula is C12H26O2. The van der Waals surface area contributed by atoms with Crippen LogP contribution in [0.1, 0.15) is 54.9 Å². The van der Waals surface area contributed by atoms with Crippen LogP contribution in [0.4, 0.5) is 0 Å². The van der Waals surface area contributed by atoms with E-state index >= 15 is 0 Å². The molecule has 2 nitrogen and oxygen atoms in total. The normalized spacial score (nSPS) is 15.6. The average molecular weight is 202 g/mol. The van der Waals surface area contributed by atoms with Crippen LogP contribution in [0.25, 0.3) is 0 Å². The van der Waals surface area contributed by atoms with E-state index in [2.05, 4.69) is 48.5 Å². The second kappa shape index (κ2) is 5.13. The van der Waals surface area contributed by atoms with E-state index in [4.69, 9.17) is 9.47 Å². The Hall–Kier alpha value is -0.0800. The van der Waals surface area contributed by atoms with Gasteiger partial charge >= 0.3 is 0 Å². The Bertz CT molecular complexity index is 151. The summed E-state index contributed by atoms with van der Waals surface area (Å²) in [6, 6.07) is 0. The van der Waals surface area contributed by atoms with Crippen LogP contribution in [0.2, 0.25) is 0 Å². The van der Waals surface area contributed by atoms with Gasteiger partial charge in [0.05, 0.1) is 23.9 Å². The second-order valence-electron chi connectivity index (χ2n) is 5.68. The summed E-state index contributed by atoms with van der Waals surface area (Å²) in [5.74, 6) is 0. The molecule has 0 aromatic heterocycles. The summed E-state index contributed by atoms with van der Waals surface area (Å²) in [7, 11) is 0. The molecule has 0 aromatic carbocycles. The molecule has 2 heteroatoms. The number of hydrogen-bond acceptors (Lipinski definition) is 2. The van der Waals surface area contributed by atoms with E-state index in [-0.39, 0.29) is 17.3 Å². The fraction of sp³-hybridized carbons (Fsp3) is 1.00. The predicted molar refractivity (Wildman–Crippen MR) is 60.6 cm³/mol. The number of rotatable bonds is 4. The van der Waals surface area contributed by atoms with Gasteiger partial charge in [0.15, 0.2) is 0 Å². The maximum absolute atomic E-state index is 5.86. The minimum Gasteiger partial charge on any atom is -0.373 e. The van der Waals surface area contributed by atoms with Crippen molar-refractivity contribution in [3.63, 3.8) is 0 Å². The fourth-order valence-electron chi connectivity index (χ4n) is 1.08. The third-order valence-electron chi connectivity index (χ3n) is 1.68. The highest BCUT2D eigenvalue weighted by Crippen LogP contribution is 2.15. The molecule has 14 heavy (non-hydrogen) atoms. The summed E-state index contributed by atoms with van der Waals surface area (Å²) < 4.78 is 11.6. The third kappa shape index (κ3) is 8.52. The zero-order valence-corrected chi connectivity index (χ0v) is 10.8. The van der Waals surface area contributed by atoms with Gasteiger partial charge in [0.1, 0.15) is 0 Å². The summed E-state index contributed by atoms with van der Waals surface area (Å²) in [6.07, 6.45) is 1.20. The summed E-state index contributed by atoms with van der Waals surface area (Å²) in [5, 5.41) is 0. The van der Waals surface area contributed by atoms with E-state index in [1.165, 1.54) is 0 Å². The van der Waals surface area contributed by atoms with Crippen LogP contribution in [-0.2, 0) is 9.47 Å². The maximum atomic E-state index is 5.86. The van der Waals surface area contributed by atoms with Crippen molar-refractivity contribution in [1.82, 2.24) is 0 Å². The van der Waals surface area contributed by atoms with Gasteiger partial charge in [0, 0.05) is 0 Å². The van der Waals surface area contributed by atoms with Crippen LogP contribution < -0.4 is 0 Å². The summed E-state index contributed by atoms with van der Waals surface area (Å²) in [5.41, 5.74) is -0.156. The molecular weight excluding hydrogens is 176 g/mol. The van der Waals surface area contributed by atoms with E-state index in [0.29, 0.717) is 6.61 Å². The van der Waals surface area contributed by atoms with Crippen molar-refractivity contribution >= 4 is 0 Å². The van der Waals surface area contributed by atoms with E-state index < -0.39 is 0 Å². The van der Waals surface area contributed by atoms with Crippen molar-refractivity contribution in [3.05, 3.63) is 0 Å². The van der Waals surface area contributed by atoms with Gasteiger partial charge in [-0.25, -0.2) is 0 Å². The highest BCUT2D eigenvalue weighted by Gasteiger charge is 2.20. The Kier molecular flexibility index (Phi) is 5.10. The lowest BCUT2D eigenvalue weighted by Crippen LogP contribution is -2.33. The van der Waals surface area contributed by atoms with Crippen molar-refractivity contribution < 1.29 is 9.47 Å². The molecule has 86 valence electrons. The highest BCUT2D eigenvalue weighted by atomic mass is 16.6. The summed E-state index contributed by atoms with van der Waals surface area (Å²) in [4.78, 5) is 0. The van der Waals surface area contributed by atoms with Crippen molar-refractivity contribution in [2.45, 2.75) is 72.2 Å². The van der Waals surface area contributed by atoms with Crippen LogP contribution in [0, 0.1) is 0 Å². The van der Waals surface area contributed by atoms with Crippen molar-refractivity contribution in [3.8, 4) is 0 Å². The molecule has 0 fully saturated rings. The van der Waals surface area contributed by atoms with Gasteiger partial charge in [-0.2, -0.15) is 0 Å². The lowest BCUT2D eigenvalue weighted by atomic mass is 10.1. The Balaban J connectivity index is 3.93. The molecule has 0 N–H and O–H groups in total. The zero-order chi connectivity index (χ0) is 11.4. The summed E-state index contributed by atoms with van der Waals surface area (Å²) in [6.45, 7) is 15.2. The average Bonchev–Trinajstić information content (AvgIpc) is 1.94. The first-order valence-electron chi connectivity index (χ1n) is 5.46. The molecule has 0 spiro atoms. The molecule has 0 aliphatic carbocycles. The lowest BCUT2D eigenvalue weighted by molar-refractivity contribution is -0.120. The van der Waals surface area contributed by atoms with Gasteiger partial charge in [-0.1, -0.05) is 6.92 Å². The monoisotopic (exact) mass is 202 g/mol. The van der Waals surface area contributed by atoms with Crippen LogP contribution in [-0.4, -0.2) is 23.9 Å². The molecule has 0 heterocycles. The molecule has 0 aliphatic heterocycles. The van der Waals surface area contributed by atoms with E-state index in [1.54, 1.807) is 0 Å². The lowest BCUT2D eigenvalue weighted by Gasteiger charge is -2.29. The van der Waals surface area contributed by atoms with E-state index in [9.17, 15) is 0 Å². The standard InChI is InChI=1S/C12H26O2/c1-8-10(14-12(5,6)7)9-13-11(2,3)4/h10H,8-9H2,1-7H3. The quantitative estimate of drug-likeness (QED) is 0.695. The SMILES string of the molecule is CCC(COC(C)(C)C)OC(C)(C)C. The van der Waals surface area contributed by atoms with Gasteiger partial charge in [0.25, 0.3) is 0 Å². The smallest absolute Gasteiger partial charge is 0.0813 e. The number of hydrogen-bond donors (Lipinski definition) is 0. The van der Waals surface area contributed by atoms with E-state index in [1.807, 2.05) is 0 Å². The minimum atomic E-state index is -0.0814. The first-order valence-corrected chi connectivity index (χ1v) is 5.46. The van der Waals surface area contributed by atoms with Crippen LogP contribution in [0.15, 0.2) is 0 Å². The van der Waals surface area contributed by atoms with Gasteiger partial charge in [-0.15, -0.1) is 0 Å². The van der Waals surface area contributed by atoms with Gasteiger partial charge in [-0.05, 0) is 48.0 Å². The largest absolute Gasteiger partial charge is 0.373 e. The molecule has 0 aliphatic rings. The molecule has 0 radical (unpaired) electrons. The Morgan fingerprint density at radius 2 is 1.43 bits per heavy atom. The topological polar surface area (TPSA) is 18.5 Å². The fourth-order valence-corrected chi connectivity index (χ4v) is 1.08. The van der Waals surface area contributed by atoms with Gasteiger partial charge in [-0.3, -0.25) is 0 Å². The van der Waals surface area contributed by atoms with Crippen LogP contribution in [0.5, 0.6) is 0 Å². The van der Waals surface area contributed by atoms with Crippen molar-refractivity contribution in [1.29, 1.82) is 0 Å². The third-order valence-corrected chi connectivity index (χ3v) is 1.68. The zero-order valence-electron chi connectivity index (χ0n) is 10.8. The molecule has 1 atom stereocenters. The van der Waals surface area contributed by atoms with Crippen molar-refractivity contribution in [2.75, 3.05) is 6.61 Å². The maximum Gasteiger partial charge on any atom is 0.0813 e.